The molecule has 2 N–H and O–H groups in total. The van der Waals surface area contributed by atoms with Crippen molar-refractivity contribution in [1.29, 1.82) is 0 Å². The van der Waals surface area contributed by atoms with Crippen LogP contribution in [0.25, 0.3) is 0 Å². The highest BCUT2D eigenvalue weighted by atomic mass is 35.5. The molecule has 0 unspecified atom stereocenters. The molecular weight excluding hydrogens is 310 g/mol. The molecule has 4 nitrogen and oxygen atoms in total. The van der Waals surface area contributed by atoms with Gasteiger partial charge in [-0.05, 0) is 43.2 Å². The molecule has 0 fully saturated rings. The second kappa shape index (κ2) is 6.05. The summed E-state index contributed by atoms with van der Waals surface area (Å²) in [5.74, 6) is 0. The van der Waals surface area contributed by atoms with Gasteiger partial charge in [0.15, 0.2) is 0 Å². The third-order valence-electron chi connectivity index (χ3n) is 3.13. The second-order valence-corrected chi connectivity index (χ2v) is 6.92. The third kappa shape index (κ3) is 3.56. The Bertz CT molecular complexity index is 772. The van der Waals surface area contributed by atoms with Gasteiger partial charge < -0.3 is 5.11 Å². The number of aryl methyl sites for hydroxylation is 2. The monoisotopic (exact) mass is 325 g/mol. The zero-order valence-corrected chi connectivity index (χ0v) is 13.3. The van der Waals surface area contributed by atoms with Gasteiger partial charge in [0.25, 0.3) is 10.0 Å². The lowest BCUT2D eigenvalue weighted by atomic mass is 10.1. The van der Waals surface area contributed by atoms with Crippen LogP contribution in [0.2, 0.25) is 5.02 Å². The fraction of sp³-hybridized carbons (Fsp3) is 0.200. The number of hydrogen-bond donors (Lipinski definition) is 2. The summed E-state index contributed by atoms with van der Waals surface area (Å²) in [6, 6.07) is 9.72. The first-order valence-corrected chi connectivity index (χ1v) is 8.19. The summed E-state index contributed by atoms with van der Waals surface area (Å²) in [5.41, 5.74) is 2.92. The van der Waals surface area contributed by atoms with Gasteiger partial charge in [0, 0.05) is 5.02 Å². The molecule has 2 aromatic carbocycles. The minimum atomic E-state index is -3.71. The smallest absolute Gasteiger partial charge is 0.261 e. The molecule has 0 bridgehead atoms. The Morgan fingerprint density at radius 2 is 1.86 bits per heavy atom. The lowest BCUT2D eigenvalue weighted by molar-refractivity contribution is 0.282. The van der Waals surface area contributed by atoms with Crippen LogP contribution in [0.15, 0.2) is 41.3 Å². The normalized spacial score (nSPS) is 11.4. The van der Waals surface area contributed by atoms with Gasteiger partial charge >= 0.3 is 0 Å². The number of aliphatic hydroxyl groups is 1. The largest absolute Gasteiger partial charge is 0.392 e. The molecule has 0 saturated heterocycles. The van der Waals surface area contributed by atoms with Crippen LogP contribution in [0.5, 0.6) is 0 Å². The molecule has 0 saturated carbocycles. The van der Waals surface area contributed by atoms with E-state index in [1.54, 1.807) is 6.07 Å². The zero-order valence-electron chi connectivity index (χ0n) is 11.7. The van der Waals surface area contributed by atoms with Gasteiger partial charge in [0.1, 0.15) is 0 Å². The number of halogens is 1. The van der Waals surface area contributed by atoms with E-state index in [0.717, 1.165) is 11.1 Å². The van der Waals surface area contributed by atoms with E-state index in [-0.39, 0.29) is 16.5 Å². The van der Waals surface area contributed by atoms with Crippen molar-refractivity contribution in [2.45, 2.75) is 25.3 Å². The molecule has 112 valence electrons. The van der Waals surface area contributed by atoms with E-state index in [0.29, 0.717) is 11.3 Å². The third-order valence-corrected chi connectivity index (χ3v) is 4.85. The number of benzene rings is 2. The van der Waals surface area contributed by atoms with Gasteiger partial charge in [-0.25, -0.2) is 8.42 Å². The first-order chi connectivity index (χ1) is 9.83. The van der Waals surface area contributed by atoms with E-state index in [2.05, 4.69) is 4.72 Å². The average Bonchev–Trinajstić information content (AvgIpc) is 2.42. The topological polar surface area (TPSA) is 66.4 Å². The van der Waals surface area contributed by atoms with Crippen LogP contribution in [0, 0.1) is 13.8 Å². The maximum absolute atomic E-state index is 12.4. The van der Waals surface area contributed by atoms with Crippen molar-refractivity contribution < 1.29 is 13.5 Å². The Hall–Kier alpha value is -1.56. The molecular formula is C15H16ClNO3S. The lowest BCUT2D eigenvalue weighted by Crippen LogP contribution is -2.14. The highest BCUT2D eigenvalue weighted by Gasteiger charge is 2.16. The fourth-order valence-corrected chi connectivity index (χ4v) is 3.42. The van der Waals surface area contributed by atoms with Gasteiger partial charge in [-0.15, -0.1) is 0 Å². The minimum absolute atomic E-state index is 0.0599. The summed E-state index contributed by atoms with van der Waals surface area (Å²) >= 11 is 5.94. The highest BCUT2D eigenvalue weighted by molar-refractivity contribution is 7.92. The number of rotatable bonds is 4. The van der Waals surface area contributed by atoms with Crippen LogP contribution in [-0.4, -0.2) is 13.5 Å². The molecule has 21 heavy (non-hydrogen) atoms. The Morgan fingerprint density at radius 1 is 1.14 bits per heavy atom. The van der Waals surface area contributed by atoms with Crippen LogP contribution in [-0.2, 0) is 16.6 Å². The summed E-state index contributed by atoms with van der Waals surface area (Å²) in [4.78, 5) is 0.0599. The molecule has 0 aromatic heterocycles. The van der Waals surface area contributed by atoms with Crippen molar-refractivity contribution in [3.05, 3.63) is 58.1 Å². The summed E-state index contributed by atoms with van der Waals surface area (Å²) in [6.07, 6.45) is 0. The van der Waals surface area contributed by atoms with Crippen LogP contribution in [0.3, 0.4) is 0 Å². The highest BCUT2D eigenvalue weighted by Crippen LogP contribution is 2.24. The van der Waals surface area contributed by atoms with Crippen LogP contribution >= 0.6 is 11.6 Å². The summed E-state index contributed by atoms with van der Waals surface area (Å²) in [7, 11) is -3.71. The molecule has 2 aromatic rings. The van der Waals surface area contributed by atoms with Gasteiger partial charge in [-0.3, -0.25) is 4.72 Å². The first-order valence-electron chi connectivity index (χ1n) is 6.33. The molecule has 2 rings (SSSR count). The van der Waals surface area contributed by atoms with Gasteiger partial charge in [0.2, 0.25) is 0 Å². The van der Waals surface area contributed by atoms with E-state index >= 15 is 0 Å². The van der Waals surface area contributed by atoms with Crippen LogP contribution in [0.1, 0.15) is 16.7 Å². The van der Waals surface area contributed by atoms with E-state index < -0.39 is 10.0 Å². The maximum Gasteiger partial charge on any atom is 0.261 e. The van der Waals surface area contributed by atoms with Crippen molar-refractivity contribution in [3.63, 3.8) is 0 Å². The molecule has 0 heterocycles. The second-order valence-electron chi connectivity index (χ2n) is 4.84. The van der Waals surface area contributed by atoms with Gasteiger partial charge in [-0.1, -0.05) is 35.4 Å². The van der Waals surface area contributed by atoms with E-state index in [1.165, 1.54) is 18.2 Å². The number of aliphatic hydroxyl groups excluding tert-OH is 1. The number of hydrogen-bond acceptors (Lipinski definition) is 3. The average molecular weight is 326 g/mol. The SMILES string of the molecule is Cc1ccc(NS(=O)(=O)c2ccc(CO)c(Cl)c2)c(C)c1. The van der Waals surface area contributed by atoms with Crippen molar-refractivity contribution in [2.24, 2.45) is 0 Å². The van der Waals surface area contributed by atoms with Gasteiger partial charge in [-0.2, -0.15) is 0 Å². The molecule has 0 atom stereocenters. The van der Waals surface area contributed by atoms with Gasteiger partial charge in [0.05, 0.1) is 17.2 Å². The zero-order chi connectivity index (χ0) is 15.6. The fourth-order valence-electron chi connectivity index (χ4n) is 1.96. The number of nitrogens with one attached hydrogen (secondary N) is 1. The standard InChI is InChI=1S/C15H16ClNO3S/c1-10-3-6-15(11(2)7-10)17-21(19,20)13-5-4-12(9-18)14(16)8-13/h3-8,17-18H,9H2,1-2H3. The van der Waals surface area contributed by atoms with Crippen molar-refractivity contribution in [1.82, 2.24) is 0 Å². The van der Waals surface area contributed by atoms with E-state index in [9.17, 15) is 8.42 Å². The molecule has 0 amide bonds. The molecule has 0 radical (unpaired) electrons. The molecule has 0 aliphatic carbocycles. The Balaban J connectivity index is 2.36. The number of anilines is 1. The predicted octanol–water partition coefficient (Wildman–Crippen LogP) is 3.25. The Morgan fingerprint density at radius 3 is 2.43 bits per heavy atom. The predicted molar refractivity (Wildman–Crippen MR) is 84.1 cm³/mol. The van der Waals surface area contributed by atoms with Crippen molar-refractivity contribution >= 4 is 27.3 Å². The van der Waals surface area contributed by atoms with E-state index in [1.807, 2.05) is 26.0 Å². The first kappa shape index (κ1) is 15.8. The Kier molecular flexibility index (Phi) is 4.56. The van der Waals surface area contributed by atoms with E-state index in [4.69, 9.17) is 16.7 Å². The lowest BCUT2D eigenvalue weighted by Gasteiger charge is -2.12. The quantitative estimate of drug-likeness (QED) is 0.906. The van der Waals surface area contributed by atoms with Crippen LogP contribution < -0.4 is 4.72 Å². The Labute approximate surface area is 129 Å². The summed E-state index contributed by atoms with van der Waals surface area (Å²) < 4.78 is 27.3. The number of sulfonamides is 1. The molecule has 6 heteroatoms. The molecule has 0 aliphatic heterocycles. The maximum atomic E-state index is 12.4. The molecule has 0 spiro atoms. The molecule has 0 aliphatic rings. The van der Waals surface area contributed by atoms with Crippen LogP contribution in [0.4, 0.5) is 5.69 Å². The van der Waals surface area contributed by atoms with Crippen molar-refractivity contribution in [3.8, 4) is 0 Å². The summed E-state index contributed by atoms with van der Waals surface area (Å²) in [6.45, 7) is 3.55. The summed E-state index contributed by atoms with van der Waals surface area (Å²) in [5, 5.41) is 9.28. The van der Waals surface area contributed by atoms with Crippen molar-refractivity contribution in [2.75, 3.05) is 4.72 Å². The minimum Gasteiger partial charge on any atom is -0.392 e.